The van der Waals surface area contributed by atoms with Crippen LogP contribution in [0.1, 0.15) is 20.8 Å². The molecule has 0 aromatic rings. The molecule has 0 heterocycles. The summed E-state index contributed by atoms with van der Waals surface area (Å²) in [7, 11) is 0. The van der Waals surface area contributed by atoms with E-state index >= 15 is 0 Å². The monoisotopic (exact) mass is 262 g/mol. The van der Waals surface area contributed by atoms with E-state index in [0.29, 0.717) is 19.1 Å². The van der Waals surface area contributed by atoms with Crippen LogP contribution in [0.5, 0.6) is 0 Å². The Balaban J connectivity index is 3.79. The molecule has 0 fully saturated rings. The van der Waals surface area contributed by atoms with Crippen molar-refractivity contribution in [2.75, 3.05) is 19.8 Å². The summed E-state index contributed by atoms with van der Waals surface area (Å²) in [6.45, 7) is 6.57. The van der Waals surface area contributed by atoms with E-state index < -0.39 is 24.1 Å². The quantitative estimate of drug-likeness (QED) is 0.453. The number of amides is 2. The van der Waals surface area contributed by atoms with Crippen molar-refractivity contribution < 1.29 is 24.5 Å². The Morgan fingerprint density at radius 3 is 2.33 bits per heavy atom. The standard InChI is InChI=1S/C11H22N2O5/c1-7(2)6-18-5-4-12-11(17)13-9(8(3)14)10(15)16/h7-9,14H,4-6H2,1-3H3,(H,15,16)(H2,12,13,17)/t8-,9+/m1/s1. The smallest absolute Gasteiger partial charge is 0.328 e. The molecule has 0 aromatic heterocycles. The molecular weight excluding hydrogens is 240 g/mol. The van der Waals surface area contributed by atoms with Crippen LogP contribution in [-0.2, 0) is 9.53 Å². The highest BCUT2D eigenvalue weighted by Crippen LogP contribution is 1.93. The number of carboxylic acids is 1. The van der Waals surface area contributed by atoms with Gasteiger partial charge in [-0.1, -0.05) is 13.8 Å². The average molecular weight is 262 g/mol. The molecule has 0 bridgehead atoms. The van der Waals surface area contributed by atoms with E-state index in [4.69, 9.17) is 14.9 Å². The van der Waals surface area contributed by atoms with E-state index in [1.807, 2.05) is 13.8 Å². The van der Waals surface area contributed by atoms with Gasteiger partial charge in [-0.15, -0.1) is 0 Å². The second-order valence-corrected chi connectivity index (χ2v) is 4.43. The Bertz CT molecular complexity index is 268. The topological polar surface area (TPSA) is 108 Å². The highest BCUT2D eigenvalue weighted by Gasteiger charge is 2.24. The molecule has 0 rings (SSSR count). The van der Waals surface area contributed by atoms with Gasteiger partial charge < -0.3 is 25.6 Å². The third kappa shape index (κ3) is 7.86. The van der Waals surface area contributed by atoms with Crippen molar-refractivity contribution in [2.45, 2.75) is 32.9 Å². The van der Waals surface area contributed by atoms with Gasteiger partial charge in [-0.3, -0.25) is 0 Å². The third-order valence-corrected chi connectivity index (χ3v) is 2.02. The molecule has 0 radical (unpaired) electrons. The summed E-state index contributed by atoms with van der Waals surface area (Å²) in [5.74, 6) is -0.860. The van der Waals surface area contributed by atoms with Gasteiger partial charge in [0.1, 0.15) is 0 Å². The zero-order chi connectivity index (χ0) is 14.1. The van der Waals surface area contributed by atoms with Crippen molar-refractivity contribution in [3.05, 3.63) is 0 Å². The number of nitrogens with one attached hydrogen (secondary N) is 2. The number of hydrogen-bond donors (Lipinski definition) is 4. The summed E-state index contributed by atoms with van der Waals surface area (Å²) >= 11 is 0. The summed E-state index contributed by atoms with van der Waals surface area (Å²) in [5.41, 5.74) is 0. The SMILES string of the molecule is CC(C)COCCNC(=O)N[C@H](C(=O)O)[C@@H](C)O. The van der Waals surface area contributed by atoms with Crippen LogP contribution in [0.25, 0.3) is 0 Å². The van der Waals surface area contributed by atoms with Gasteiger partial charge in [0.15, 0.2) is 6.04 Å². The first-order chi connectivity index (χ1) is 8.34. The van der Waals surface area contributed by atoms with Gasteiger partial charge in [0.05, 0.1) is 12.7 Å². The van der Waals surface area contributed by atoms with Crippen LogP contribution in [0.15, 0.2) is 0 Å². The lowest BCUT2D eigenvalue weighted by Gasteiger charge is -2.17. The fraction of sp³-hybridized carbons (Fsp3) is 0.818. The van der Waals surface area contributed by atoms with Crippen LogP contribution >= 0.6 is 0 Å². The predicted octanol–water partition coefficient (Wildman–Crippen LogP) is -0.208. The molecule has 106 valence electrons. The van der Waals surface area contributed by atoms with Crippen molar-refractivity contribution in [3.8, 4) is 0 Å². The average Bonchev–Trinajstić information content (AvgIpc) is 2.24. The maximum absolute atomic E-state index is 11.3. The molecule has 7 nitrogen and oxygen atoms in total. The number of hydrogen-bond acceptors (Lipinski definition) is 4. The largest absolute Gasteiger partial charge is 0.480 e. The molecule has 2 atom stereocenters. The zero-order valence-electron chi connectivity index (χ0n) is 11.0. The molecule has 0 aliphatic rings. The Morgan fingerprint density at radius 1 is 1.28 bits per heavy atom. The lowest BCUT2D eigenvalue weighted by molar-refractivity contribution is -0.141. The zero-order valence-corrected chi connectivity index (χ0v) is 11.0. The van der Waals surface area contributed by atoms with E-state index in [-0.39, 0.29) is 6.54 Å². The Hall–Kier alpha value is -1.34. The number of aliphatic carboxylic acids is 1. The number of rotatable bonds is 8. The number of ether oxygens (including phenoxy) is 1. The summed E-state index contributed by atoms with van der Waals surface area (Å²) in [4.78, 5) is 22.0. The lowest BCUT2D eigenvalue weighted by atomic mass is 10.2. The molecule has 0 aliphatic carbocycles. The first-order valence-electron chi connectivity index (χ1n) is 5.87. The van der Waals surface area contributed by atoms with Crippen LogP contribution < -0.4 is 10.6 Å². The van der Waals surface area contributed by atoms with Gasteiger partial charge in [0, 0.05) is 13.2 Å². The van der Waals surface area contributed by atoms with Gasteiger partial charge in [-0.25, -0.2) is 9.59 Å². The van der Waals surface area contributed by atoms with E-state index in [1.165, 1.54) is 6.92 Å². The summed E-state index contributed by atoms with van der Waals surface area (Å²) in [6.07, 6.45) is -1.16. The molecular formula is C11H22N2O5. The molecule has 2 amide bonds. The van der Waals surface area contributed by atoms with Gasteiger partial charge in [0.2, 0.25) is 0 Å². The number of aliphatic hydroxyl groups excluding tert-OH is 1. The predicted molar refractivity (Wildman–Crippen MR) is 65.3 cm³/mol. The molecule has 0 saturated heterocycles. The Kier molecular flexibility index (Phi) is 8.06. The number of carbonyl (C=O) groups is 2. The minimum absolute atomic E-state index is 0.282. The maximum Gasteiger partial charge on any atom is 0.328 e. The van der Waals surface area contributed by atoms with Crippen molar-refractivity contribution in [1.82, 2.24) is 10.6 Å². The molecule has 0 aliphatic heterocycles. The number of urea groups is 1. The number of carbonyl (C=O) groups excluding carboxylic acids is 1. The van der Waals surface area contributed by atoms with Gasteiger partial charge in [0.25, 0.3) is 0 Å². The molecule has 4 N–H and O–H groups in total. The first-order valence-corrected chi connectivity index (χ1v) is 5.87. The Morgan fingerprint density at radius 2 is 1.89 bits per heavy atom. The van der Waals surface area contributed by atoms with E-state index in [2.05, 4.69) is 10.6 Å². The van der Waals surface area contributed by atoms with Crippen molar-refractivity contribution in [3.63, 3.8) is 0 Å². The summed E-state index contributed by atoms with van der Waals surface area (Å²) in [5, 5.41) is 22.5. The first kappa shape index (κ1) is 16.7. The van der Waals surface area contributed by atoms with E-state index in [1.54, 1.807) is 0 Å². The van der Waals surface area contributed by atoms with Crippen LogP contribution in [-0.4, -0.2) is 54.1 Å². The summed E-state index contributed by atoms with van der Waals surface area (Å²) in [6, 6.07) is -1.96. The van der Waals surface area contributed by atoms with Crippen molar-refractivity contribution >= 4 is 12.0 Å². The minimum atomic E-state index is -1.32. The van der Waals surface area contributed by atoms with E-state index in [9.17, 15) is 9.59 Å². The normalized spacial score (nSPS) is 14.1. The third-order valence-electron chi connectivity index (χ3n) is 2.02. The van der Waals surface area contributed by atoms with Crippen molar-refractivity contribution in [1.29, 1.82) is 0 Å². The highest BCUT2D eigenvalue weighted by atomic mass is 16.5. The highest BCUT2D eigenvalue weighted by molar-refractivity contribution is 5.82. The molecule has 18 heavy (non-hydrogen) atoms. The second kappa shape index (κ2) is 8.71. The van der Waals surface area contributed by atoms with Crippen LogP contribution in [0.2, 0.25) is 0 Å². The van der Waals surface area contributed by atoms with Crippen molar-refractivity contribution in [2.24, 2.45) is 5.92 Å². The fourth-order valence-corrected chi connectivity index (χ4v) is 1.14. The summed E-state index contributed by atoms with van der Waals surface area (Å²) < 4.78 is 5.24. The van der Waals surface area contributed by atoms with Crippen LogP contribution in [0.4, 0.5) is 4.79 Å². The molecule has 0 unspecified atom stereocenters. The molecule has 7 heteroatoms. The molecule has 0 spiro atoms. The minimum Gasteiger partial charge on any atom is -0.480 e. The molecule has 0 aromatic carbocycles. The lowest BCUT2D eigenvalue weighted by Crippen LogP contribution is -2.51. The van der Waals surface area contributed by atoms with Gasteiger partial charge in [-0.2, -0.15) is 0 Å². The van der Waals surface area contributed by atoms with Crippen LogP contribution in [0.3, 0.4) is 0 Å². The van der Waals surface area contributed by atoms with Crippen LogP contribution in [0, 0.1) is 5.92 Å². The fourth-order valence-electron chi connectivity index (χ4n) is 1.14. The number of carboxylic acid groups (broad SMARTS) is 1. The van der Waals surface area contributed by atoms with Gasteiger partial charge in [-0.05, 0) is 12.8 Å². The Labute approximate surface area is 107 Å². The second-order valence-electron chi connectivity index (χ2n) is 4.43. The van der Waals surface area contributed by atoms with Gasteiger partial charge >= 0.3 is 12.0 Å². The molecule has 0 saturated carbocycles. The maximum atomic E-state index is 11.3. The van der Waals surface area contributed by atoms with E-state index in [0.717, 1.165) is 0 Å². The number of aliphatic hydroxyl groups is 1.